The Balaban J connectivity index is 1.69. The van der Waals surface area contributed by atoms with E-state index in [-0.39, 0.29) is 11.7 Å². The van der Waals surface area contributed by atoms with Gasteiger partial charge in [-0.25, -0.2) is 5.43 Å². The molecule has 1 aliphatic heterocycles. The Morgan fingerprint density at radius 3 is 2.86 bits per heavy atom. The van der Waals surface area contributed by atoms with Gasteiger partial charge in [0.05, 0.1) is 33.0 Å². The van der Waals surface area contributed by atoms with Gasteiger partial charge in [-0.15, -0.1) is 0 Å². The highest BCUT2D eigenvalue weighted by Gasteiger charge is 2.24. The Morgan fingerprint density at radius 1 is 1.41 bits per heavy atom. The number of quaternary nitrogens is 1. The van der Waals surface area contributed by atoms with Crippen molar-refractivity contribution in [1.82, 2.24) is 5.43 Å². The number of hydrogen-bond donors (Lipinski definition) is 2. The number of nitrogens with zero attached hydrogens (tertiary/aromatic N) is 2. The Morgan fingerprint density at radius 2 is 2.14 bits per heavy atom. The largest absolute Gasteiger partial charge is 0.507 e. The molecule has 22 heavy (non-hydrogen) atoms. The zero-order chi connectivity index (χ0) is 15.8. The van der Waals surface area contributed by atoms with Gasteiger partial charge >= 0.3 is 0 Å². The summed E-state index contributed by atoms with van der Waals surface area (Å²) in [6.07, 6.45) is 2.73. The number of aromatic hydroxyl groups is 1. The number of benzene rings is 1. The van der Waals surface area contributed by atoms with Crippen LogP contribution in [-0.2, 0) is 9.53 Å². The number of morpholine rings is 1. The molecule has 1 aromatic rings. The fourth-order valence-corrected chi connectivity index (χ4v) is 2.46. The summed E-state index contributed by atoms with van der Waals surface area (Å²) in [5.74, 6) is 0.0387. The molecule has 1 aliphatic rings. The number of carbonyl (C=O) groups excluding carboxylic acids is 1. The fourth-order valence-electron chi connectivity index (χ4n) is 2.46. The zero-order valence-corrected chi connectivity index (χ0v) is 13.0. The number of hydrazone groups is 1. The summed E-state index contributed by atoms with van der Waals surface area (Å²) in [5.41, 5.74) is 3.07. The second-order valence-corrected chi connectivity index (χ2v) is 5.86. The molecular weight excluding hydrogens is 282 g/mol. The number of amides is 1. The van der Waals surface area contributed by atoms with Crippen LogP contribution >= 0.6 is 0 Å². The standard InChI is InChI=1S/C16H23N3O3/c1-19(9-11-22-12-10-19)8-4-7-16(21)18-17-13-14-5-2-3-6-15(14)20/h2-3,5-6,13H,4,7-12H2,1H3,(H-,17,18,20,21)/p+1. The normalized spacial score (nSPS) is 17.5. The number of hydrogen-bond acceptors (Lipinski definition) is 4. The van der Waals surface area contributed by atoms with Crippen molar-refractivity contribution in [3.63, 3.8) is 0 Å². The minimum Gasteiger partial charge on any atom is -0.507 e. The molecule has 6 heteroatoms. The van der Waals surface area contributed by atoms with Crippen molar-refractivity contribution < 1.29 is 19.1 Å². The molecule has 0 bridgehead atoms. The highest BCUT2D eigenvalue weighted by molar-refractivity contribution is 5.84. The van der Waals surface area contributed by atoms with Crippen molar-refractivity contribution in [3.8, 4) is 5.75 Å². The summed E-state index contributed by atoms with van der Waals surface area (Å²) in [5, 5.41) is 13.4. The molecule has 1 aromatic carbocycles. The highest BCUT2D eigenvalue weighted by Crippen LogP contribution is 2.12. The van der Waals surface area contributed by atoms with E-state index in [9.17, 15) is 9.90 Å². The van der Waals surface area contributed by atoms with Crippen LogP contribution < -0.4 is 5.43 Å². The lowest BCUT2D eigenvalue weighted by Crippen LogP contribution is -2.52. The van der Waals surface area contributed by atoms with Gasteiger partial charge in [-0.1, -0.05) is 12.1 Å². The number of phenols is 1. The fraction of sp³-hybridized carbons (Fsp3) is 0.500. The molecule has 0 unspecified atom stereocenters. The van der Waals surface area contributed by atoms with Gasteiger partial charge in [0.25, 0.3) is 0 Å². The quantitative estimate of drug-likeness (QED) is 0.470. The first-order valence-electron chi connectivity index (χ1n) is 7.60. The minimum absolute atomic E-state index is 0.105. The maximum absolute atomic E-state index is 11.7. The highest BCUT2D eigenvalue weighted by atomic mass is 16.5. The van der Waals surface area contributed by atoms with Gasteiger partial charge in [0.1, 0.15) is 18.8 Å². The van der Waals surface area contributed by atoms with Crippen LogP contribution in [0.5, 0.6) is 5.75 Å². The topological polar surface area (TPSA) is 70.9 Å². The van der Waals surface area contributed by atoms with Gasteiger partial charge in [0, 0.05) is 18.4 Å². The van der Waals surface area contributed by atoms with Crippen LogP contribution in [0.3, 0.4) is 0 Å². The molecular formula is C16H24N3O3+. The summed E-state index contributed by atoms with van der Waals surface area (Å²) in [7, 11) is 2.21. The van der Waals surface area contributed by atoms with Crippen molar-refractivity contribution in [2.45, 2.75) is 12.8 Å². The molecule has 1 amide bonds. The molecule has 0 aromatic heterocycles. The van der Waals surface area contributed by atoms with Crippen LogP contribution in [0.1, 0.15) is 18.4 Å². The number of phenolic OH excluding ortho intramolecular Hbond substituents is 1. The van der Waals surface area contributed by atoms with Gasteiger partial charge in [-0.2, -0.15) is 5.10 Å². The Kier molecular flexibility index (Phi) is 5.91. The number of likely N-dealkylation sites (N-methyl/N-ethyl adjacent to an activating group) is 1. The van der Waals surface area contributed by atoms with Crippen LogP contribution in [0, 0.1) is 0 Å². The lowest BCUT2D eigenvalue weighted by atomic mass is 10.2. The average molecular weight is 306 g/mol. The molecule has 1 saturated heterocycles. The van der Waals surface area contributed by atoms with E-state index in [1.807, 2.05) is 0 Å². The predicted octanol–water partition coefficient (Wildman–Crippen LogP) is 1.10. The molecule has 0 saturated carbocycles. The lowest BCUT2D eigenvalue weighted by molar-refractivity contribution is -0.917. The summed E-state index contributed by atoms with van der Waals surface area (Å²) in [6.45, 7) is 4.58. The zero-order valence-electron chi connectivity index (χ0n) is 13.0. The van der Waals surface area contributed by atoms with Crippen molar-refractivity contribution in [2.75, 3.05) is 39.9 Å². The molecule has 1 fully saturated rings. The summed E-state index contributed by atoms with van der Waals surface area (Å²) in [6, 6.07) is 6.85. The van der Waals surface area contributed by atoms with Crippen molar-refractivity contribution >= 4 is 12.1 Å². The Hall–Kier alpha value is -1.92. The maximum Gasteiger partial charge on any atom is 0.240 e. The van der Waals surface area contributed by atoms with Gasteiger partial charge in [0.15, 0.2) is 0 Å². The van der Waals surface area contributed by atoms with Crippen molar-refractivity contribution in [3.05, 3.63) is 29.8 Å². The van der Waals surface area contributed by atoms with E-state index in [0.717, 1.165) is 43.8 Å². The van der Waals surface area contributed by atoms with Crippen LogP contribution in [0.4, 0.5) is 0 Å². The molecule has 0 radical (unpaired) electrons. The third-order valence-electron chi connectivity index (χ3n) is 3.98. The smallest absolute Gasteiger partial charge is 0.240 e. The molecule has 2 rings (SSSR count). The molecule has 0 spiro atoms. The SMILES string of the molecule is C[N+]1(CCCC(=O)NN=Cc2ccccc2O)CCOCC1. The summed E-state index contributed by atoms with van der Waals surface area (Å²) >= 11 is 0. The van der Waals surface area contributed by atoms with E-state index in [0.29, 0.717) is 12.0 Å². The van der Waals surface area contributed by atoms with Gasteiger partial charge in [-0.3, -0.25) is 4.79 Å². The van der Waals surface area contributed by atoms with E-state index < -0.39 is 0 Å². The van der Waals surface area contributed by atoms with Gasteiger partial charge in [0.2, 0.25) is 5.91 Å². The third kappa shape index (κ3) is 5.13. The van der Waals surface area contributed by atoms with Crippen molar-refractivity contribution in [2.24, 2.45) is 5.10 Å². The van der Waals surface area contributed by atoms with Gasteiger partial charge < -0.3 is 14.3 Å². The molecule has 1 heterocycles. The second-order valence-electron chi connectivity index (χ2n) is 5.86. The van der Waals surface area contributed by atoms with Crippen LogP contribution in [0.2, 0.25) is 0 Å². The van der Waals surface area contributed by atoms with E-state index >= 15 is 0 Å². The van der Waals surface area contributed by atoms with Crippen LogP contribution in [-0.4, -0.2) is 61.6 Å². The first kappa shape index (κ1) is 16.5. The molecule has 120 valence electrons. The van der Waals surface area contributed by atoms with Crippen LogP contribution in [0.15, 0.2) is 29.4 Å². The van der Waals surface area contributed by atoms with Crippen LogP contribution in [0.25, 0.3) is 0 Å². The number of nitrogens with one attached hydrogen (secondary N) is 1. The Bertz CT molecular complexity index is 525. The maximum atomic E-state index is 11.7. The molecule has 0 atom stereocenters. The molecule has 6 nitrogen and oxygen atoms in total. The average Bonchev–Trinajstić information content (AvgIpc) is 2.50. The number of carbonyl (C=O) groups is 1. The molecule has 2 N–H and O–H groups in total. The van der Waals surface area contributed by atoms with Gasteiger partial charge in [-0.05, 0) is 12.1 Å². The second kappa shape index (κ2) is 7.91. The third-order valence-corrected chi connectivity index (χ3v) is 3.98. The number of para-hydroxylation sites is 1. The van der Waals surface area contributed by atoms with E-state index in [2.05, 4.69) is 17.6 Å². The van der Waals surface area contributed by atoms with E-state index in [1.54, 1.807) is 24.3 Å². The summed E-state index contributed by atoms with van der Waals surface area (Å²) in [4.78, 5) is 11.7. The number of rotatable bonds is 6. The minimum atomic E-state index is -0.105. The first-order chi connectivity index (χ1) is 10.6. The monoisotopic (exact) mass is 306 g/mol. The van der Waals surface area contributed by atoms with E-state index in [4.69, 9.17) is 4.74 Å². The first-order valence-corrected chi connectivity index (χ1v) is 7.60. The predicted molar refractivity (Wildman–Crippen MR) is 84.7 cm³/mol. The molecule has 0 aliphatic carbocycles. The van der Waals surface area contributed by atoms with Crippen molar-refractivity contribution in [1.29, 1.82) is 0 Å². The Labute approximate surface area is 131 Å². The number of ether oxygens (including phenoxy) is 1. The van der Waals surface area contributed by atoms with E-state index in [1.165, 1.54) is 6.21 Å². The lowest BCUT2D eigenvalue weighted by Gasteiger charge is -2.37. The summed E-state index contributed by atoms with van der Waals surface area (Å²) < 4.78 is 6.33.